The van der Waals surface area contributed by atoms with Crippen LogP contribution >= 0.6 is 0 Å². The second kappa shape index (κ2) is 8.00. The van der Waals surface area contributed by atoms with Gasteiger partial charge in [0.15, 0.2) is 0 Å². The maximum absolute atomic E-state index is 12.9. The van der Waals surface area contributed by atoms with Crippen LogP contribution in [0.5, 0.6) is 0 Å². The first-order chi connectivity index (χ1) is 14.6. The van der Waals surface area contributed by atoms with Crippen molar-refractivity contribution in [2.45, 2.75) is 64.5 Å². The fourth-order valence-corrected chi connectivity index (χ4v) is 5.93. The third kappa shape index (κ3) is 3.48. The molecular formula is C23H32N6O. The summed E-state index contributed by atoms with van der Waals surface area (Å²) >= 11 is 0. The van der Waals surface area contributed by atoms with Crippen molar-refractivity contribution in [2.75, 3.05) is 18.0 Å². The Kier molecular flexibility index (Phi) is 5.21. The van der Waals surface area contributed by atoms with E-state index in [0.29, 0.717) is 35.7 Å². The highest BCUT2D eigenvalue weighted by Gasteiger charge is 2.49. The molecule has 3 saturated heterocycles. The highest BCUT2D eigenvalue weighted by Crippen LogP contribution is 2.43. The van der Waals surface area contributed by atoms with Crippen LogP contribution < -0.4 is 4.90 Å². The van der Waals surface area contributed by atoms with Gasteiger partial charge >= 0.3 is 0 Å². The number of anilines is 1. The lowest BCUT2D eigenvalue weighted by Gasteiger charge is -2.56. The maximum atomic E-state index is 12.9. The number of para-hydroxylation sites is 1. The van der Waals surface area contributed by atoms with Gasteiger partial charge in [-0.1, -0.05) is 37.1 Å². The van der Waals surface area contributed by atoms with Gasteiger partial charge in [-0.15, -0.1) is 0 Å². The van der Waals surface area contributed by atoms with Gasteiger partial charge in [-0.3, -0.25) is 4.79 Å². The molecule has 5 rings (SSSR count). The average molecular weight is 409 g/mol. The van der Waals surface area contributed by atoms with Gasteiger partial charge in [0.25, 0.3) is 0 Å². The van der Waals surface area contributed by atoms with Crippen LogP contribution in [-0.2, 0) is 4.79 Å². The molecule has 7 nitrogen and oxygen atoms in total. The van der Waals surface area contributed by atoms with Crippen LogP contribution in [0.4, 0.5) is 5.95 Å². The van der Waals surface area contributed by atoms with E-state index in [9.17, 15) is 4.79 Å². The Balaban J connectivity index is 1.44. The first-order valence-electron chi connectivity index (χ1n) is 11.5. The number of hydrogen-bond acceptors (Lipinski definition) is 5. The number of tetrazole rings is 1. The zero-order chi connectivity index (χ0) is 20.7. The molecule has 0 radical (unpaired) electrons. The van der Waals surface area contributed by atoms with Gasteiger partial charge < -0.3 is 9.80 Å². The summed E-state index contributed by atoms with van der Waals surface area (Å²) in [5.74, 6) is 2.86. The zero-order valence-corrected chi connectivity index (χ0v) is 18.0. The van der Waals surface area contributed by atoms with E-state index in [0.717, 1.165) is 50.4 Å². The minimum atomic E-state index is 0.352. The molecule has 160 valence electrons. The van der Waals surface area contributed by atoms with Crippen LogP contribution in [-0.4, -0.2) is 56.2 Å². The molecule has 1 aromatic heterocycles. The molecule has 2 aromatic rings. The molecule has 0 unspecified atom stereocenters. The second-order valence-electron chi connectivity index (χ2n) is 9.69. The normalized spacial score (nSPS) is 28.7. The summed E-state index contributed by atoms with van der Waals surface area (Å²) < 4.78 is 1.86. The molecule has 0 spiro atoms. The Morgan fingerprint density at radius 3 is 2.73 bits per heavy atom. The van der Waals surface area contributed by atoms with Crippen molar-refractivity contribution < 1.29 is 4.79 Å². The van der Waals surface area contributed by atoms with Crippen LogP contribution in [0.2, 0.25) is 0 Å². The van der Waals surface area contributed by atoms with Crippen molar-refractivity contribution >= 4 is 11.9 Å². The minimum absolute atomic E-state index is 0.352. The highest BCUT2D eigenvalue weighted by atomic mass is 16.2. The van der Waals surface area contributed by atoms with Crippen LogP contribution in [0.1, 0.15) is 52.4 Å². The predicted octanol–water partition coefficient (Wildman–Crippen LogP) is 3.30. The van der Waals surface area contributed by atoms with Crippen LogP contribution in [0, 0.1) is 17.8 Å². The molecule has 7 heteroatoms. The Labute approximate surface area is 178 Å². The van der Waals surface area contributed by atoms with E-state index in [1.165, 1.54) is 12.8 Å². The van der Waals surface area contributed by atoms with E-state index in [4.69, 9.17) is 0 Å². The third-order valence-corrected chi connectivity index (χ3v) is 7.27. The quantitative estimate of drug-likeness (QED) is 0.759. The molecule has 1 amide bonds. The molecule has 0 aliphatic carbocycles. The topological polar surface area (TPSA) is 67.2 Å². The molecule has 4 heterocycles. The number of amides is 1. The maximum Gasteiger partial charge on any atom is 0.250 e. The van der Waals surface area contributed by atoms with E-state index in [-0.39, 0.29) is 0 Å². The summed E-state index contributed by atoms with van der Waals surface area (Å²) in [6, 6.07) is 10.8. The van der Waals surface area contributed by atoms with E-state index < -0.39 is 0 Å². The largest absolute Gasteiger partial charge is 0.339 e. The van der Waals surface area contributed by atoms with E-state index in [2.05, 4.69) is 39.2 Å². The summed E-state index contributed by atoms with van der Waals surface area (Å²) in [6.07, 6.45) is 6.39. The minimum Gasteiger partial charge on any atom is -0.339 e. The van der Waals surface area contributed by atoms with Crippen molar-refractivity contribution in [1.82, 2.24) is 25.1 Å². The number of nitrogens with zero attached hydrogens (tertiary/aromatic N) is 6. The first-order valence-corrected chi connectivity index (χ1v) is 11.5. The smallest absolute Gasteiger partial charge is 0.250 e. The fourth-order valence-electron chi connectivity index (χ4n) is 5.93. The molecule has 4 atom stereocenters. The Bertz CT molecular complexity index is 881. The molecule has 2 bridgehead atoms. The van der Waals surface area contributed by atoms with E-state index in [1.807, 2.05) is 35.0 Å². The number of carbonyl (C=O) groups excluding carboxylic acids is 1. The monoisotopic (exact) mass is 408 g/mol. The number of benzene rings is 1. The van der Waals surface area contributed by atoms with Crippen molar-refractivity contribution in [2.24, 2.45) is 17.8 Å². The average Bonchev–Trinajstić information content (AvgIpc) is 3.24. The van der Waals surface area contributed by atoms with Gasteiger partial charge in [-0.05, 0) is 72.4 Å². The lowest BCUT2D eigenvalue weighted by atomic mass is 9.71. The Hall–Kier alpha value is -2.44. The lowest BCUT2D eigenvalue weighted by molar-refractivity contribution is -0.149. The third-order valence-electron chi connectivity index (χ3n) is 7.27. The van der Waals surface area contributed by atoms with Gasteiger partial charge in [0.05, 0.1) is 5.69 Å². The molecule has 0 N–H and O–H groups in total. The summed E-state index contributed by atoms with van der Waals surface area (Å²) in [5.41, 5.74) is 0.985. The number of fused-ring (bicyclic) bond motifs is 4. The predicted molar refractivity (Wildman–Crippen MR) is 115 cm³/mol. The first kappa shape index (κ1) is 19.5. The molecule has 3 aliphatic heterocycles. The summed E-state index contributed by atoms with van der Waals surface area (Å²) in [5, 5.41) is 12.7. The fraction of sp³-hybridized carbons (Fsp3) is 0.652. The number of carbonyl (C=O) groups is 1. The number of hydrogen-bond donors (Lipinski definition) is 0. The van der Waals surface area contributed by atoms with Crippen molar-refractivity contribution in [3.8, 4) is 5.69 Å². The number of rotatable bonds is 5. The summed E-state index contributed by atoms with van der Waals surface area (Å²) in [7, 11) is 0. The number of aromatic nitrogens is 4. The van der Waals surface area contributed by atoms with Gasteiger partial charge in [0, 0.05) is 31.6 Å². The van der Waals surface area contributed by atoms with Gasteiger partial charge in [0.1, 0.15) is 0 Å². The highest BCUT2D eigenvalue weighted by molar-refractivity contribution is 5.78. The summed E-state index contributed by atoms with van der Waals surface area (Å²) in [6.45, 7) is 6.41. The number of piperidine rings is 3. The zero-order valence-electron chi connectivity index (χ0n) is 18.0. The van der Waals surface area contributed by atoms with E-state index in [1.54, 1.807) is 0 Å². The molecule has 1 aromatic carbocycles. The SMILES string of the molecule is CC(C)CC[C@H]1[C@H]2C[C@H](CN(c3nnnn3-c3ccccc3)C2)[C@@H]2CCCC(=O)N21. The lowest BCUT2D eigenvalue weighted by Crippen LogP contribution is -2.65. The molecule has 0 saturated carbocycles. The molecule has 30 heavy (non-hydrogen) atoms. The second-order valence-corrected chi connectivity index (χ2v) is 9.69. The summed E-state index contributed by atoms with van der Waals surface area (Å²) in [4.78, 5) is 17.6. The van der Waals surface area contributed by atoms with Crippen LogP contribution in [0.15, 0.2) is 30.3 Å². The van der Waals surface area contributed by atoms with E-state index >= 15 is 0 Å². The van der Waals surface area contributed by atoms with Crippen molar-refractivity contribution in [3.05, 3.63) is 30.3 Å². The van der Waals surface area contributed by atoms with Gasteiger partial charge in [0.2, 0.25) is 11.9 Å². The molecule has 3 fully saturated rings. The van der Waals surface area contributed by atoms with Crippen LogP contribution in [0.3, 0.4) is 0 Å². The Morgan fingerprint density at radius 1 is 1.13 bits per heavy atom. The molecular weight excluding hydrogens is 376 g/mol. The van der Waals surface area contributed by atoms with Gasteiger partial charge in [-0.25, -0.2) is 0 Å². The van der Waals surface area contributed by atoms with Gasteiger partial charge in [-0.2, -0.15) is 4.68 Å². The molecule has 3 aliphatic rings. The Morgan fingerprint density at radius 2 is 1.93 bits per heavy atom. The van der Waals surface area contributed by atoms with Crippen molar-refractivity contribution in [3.63, 3.8) is 0 Å². The van der Waals surface area contributed by atoms with Crippen LogP contribution in [0.25, 0.3) is 5.69 Å². The van der Waals surface area contributed by atoms with Crippen molar-refractivity contribution in [1.29, 1.82) is 0 Å². The standard InChI is InChI=1S/C23H32N6O/c1-16(2)11-12-21-18-13-17(20-9-6-10-22(30)28(20)21)14-27(15-18)23-24-25-26-29(23)19-7-4-3-5-8-19/h3-5,7-8,16-18,20-21H,6,9-15H2,1-2H3/t17-,18+,20+,21+/m1/s1.